The number of hydrazine groups is 1. The maximum Gasteiger partial charge on any atom is 0.241 e. The lowest BCUT2D eigenvalue weighted by atomic mass is 9.94. The number of anilines is 1. The third-order valence-corrected chi connectivity index (χ3v) is 6.42. The van der Waals surface area contributed by atoms with E-state index in [9.17, 15) is 9.59 Å². The summed E-state index contributed by atoms with van der Waals surface area (Å²) in [4.78, 5) is 31.8. The molecule has 2 aromatic rings. The molecule has 2 aliphatic heterocycles. The minimum absolute atomic E-state index is 0.0625. The molecule has 0 bridgehead atoms. The van der Waals surface area contributed by atoms with Crippen LogP contribution in [0.25, 0.3) is 0 Å². The van der Waals surface area contributed by atoms with Gasteiger partial charge in [-0.1, -0.05) is 0 Å². The summed E-state index contributed by atoms with van der Waals surface area (Å²) >= 11 is 0. The predicted molar refractivity (Wildman–Crippen MR) is 126 cm³/mol. The molecular weight excluding hydrogens is 438 g/mol. The smallest absolute Gasteiger partial charge is 0.241 e. The molecule has 0 radical (unpaired) electrons. The van der Waals surface area contributed by atoms with Crippen LogP contribution < -0.4 is 30.4 Å². The van der Waals surface area contributed by atoms with Crippen molar-refractivity contribution in [1.82, 2.24) is 20.7 Å². The third kappa shape index (κ3) is 5.07. The van der Waals surface area contributed by atoms with Crippen LogP contribution in [0.3, 0.4) is 0 Å². The summed E-state index contributed by atoms with van der Waals surface area (Å²) in [5.74, 6) is 1.21. The second kappa shape index (κ2) is 10.7. The zero-order valence-electron chi connectivity index (χ0n) is 19.7. The number of carbonyl (C=O) groups excluding carboxylic acids is 2. The lowest BCUT2D eigenvalue weighted by Crippen LogP contribution is -2.49. The molecule has 182 valence electrons. The van der Waals surface area contributed by atoms with Gasteiger partial charge in [-0.05, 0) is 37.0 Å². The van der Waals surface area contributed by atoms with Crippen molar-refractivity contribution in [2.45, 2.75) is 31.3 Å². The van der Waals surface area contributed by atoms with Crippen LogP contribution >= 0.6 is 0 Å². The van der Waals surface area contributed by atoms with Crippen molar-refractivity contribution >= 4 is 17.5 Å². The lowest BCUT2D eigenvalue weighted by Gasteiger charge is -2.33. The summed E-state index contributed by atoms with van der Waals surface area (Å²) < 4.78 is 16.0. The Morgan fingerprint density at radius 2 is 1.65 bits per heavy atom. The van der Waals surface area contributed by atoms with Gasteiger partial charge in [0, 0.05) is 55.3 Å². The zero-order chi connectivity index (χ0) is 24.1. The van der Waals surface area contributed by atoms with Gasteiger partial charge >= 0.3 is 0 Å². The molecule has 34 heavy (non-hydrogen) atoms. The van der Waals surface area contributed by atoms with E-state index in [-0.39, 0.29) is 29.8 Å². The lowest BCUT2D eigenvalue weighted by molar-refractivity contribution is -0.136. The number of likely N-dealkylation sites (tertiary alicyclic amines) is 1. The molecule has 0 aliphatic carbocycles. The molecule has 2 aliphatic rings. The molecule has 1 aromatic heterocycles. The fourth-order valence-corrected chi connectivity index (χ4v) is 4.51. The molecule has 2 atom stereocenters. The normalized spacial score (nSPS) is 20.6. The summed E-state index contributed by atoms with van der Waals surface area (Å²) in [7, 11) is 4.59. The summed E-state index contributed by atoms with van der Waals surface area (Å²) in [5, 5.41) is 2.95. The van der Waals surface area contributed by atoms with Crippen molar-refractivity contribution in [3.63, 3.8) is 0 Å². The molecule has 0 saturated carbocycles. The molecule has 2 saturated heterocycles. The molecule has 3 heterocycles. The van der Waals surface area contributed by atoms with Crippen molar-refractivity contribution in [3.8, 4) is 17.2 Å². The van der Waals surface area contributed by atoms with Crippen LogP contribution in [0.4, 0.5) is 5.69 Å². The van der Waals surface area contributed by atoms with Gasteiger partial charge in [0.25, 0.3) is 0 Å². The van der Waals surface area contributed by atoms with Crippen molar-refractivity contribution in [2.24, 2.45) is 5.92 Å². The maximum absolute atomic E-state index is 13.0. The number of hydrogen-bond acceptors (Lipinski definition) is 8. The van der Waals surface area contributed by atoms with E-state index in [1.54, 1.807) is 24.5 Å². The summed E-state index contributed by atoms with van der Waals surface area (Å²) in [6.45, 7) is 1.09. The highest BCUT2D eigenvalue weighted by Gasteiger charge is 2.35. The number of ether oxygens (including phenoxy) is 3. The van der Waals surface area contributed by atoms with Crippen molar-refractivity contribution < 1.29 is 23.8 Å². The van der Waals surface area contributed by atoms with E-state index < -0.39 is 0 Å². The Balaban J connectivity index is 1.31. The molecule has 2 unspecified atom stereocenters. The monoisotopic (exact) mass is 469 g/mol. The van der Waals surface area contributed by atoms with Crippen LogP contribution in [-0.4, -0.2) is 62.2 Å². The first-order chi connectivity index (χ1) is 16.5. The van der Waals surface area contributed by atoms with Crippen LogP contribution in [0.2, 0.25) is 0 Å². The van der Waals surface area contributed by atoms with E-state index in [1.807, 2.05) is 17.0 Å². The molecule has 1 aromatic carbocycles. The fraction of sp³-hybridized carbons (Fsp3) is 0.458. The van der Waals surface area contributed by atoms with E-state index in [2.05, 4.69) is 21.2 Å². The number of nitrogens with zero attached hydrogens (tertiary/aromatic N) is 2. The Kier molecular flexibility index (Phi) is 7.49. The average molecular weight is 470 g/mol. The van der Waals surface area contributed by atoms with Crippen molar-refractivity contribution in [2.75, 3.05) is 39.7 Å². The maximum atomic E-state index is 13.0. The number of amides is 2. The van der Waals surface area contributed by atoms with Gasteiger partial charge in [0.15, 0.2) is 11.5 Å². The second-order valence-electron chi connectivity index (χ2n) is 8.41. The average Bonchev–Trinajstić information content (AvgIpc) is 3.38. The van der Waals surface area contributed by atoms with Crippen LogP contribution in [-0.2, 0) is 9.59 Å². The molecule has 2 amide bonds. The van der Waals surface area contributed by atoms with Crippen LogP contribution in [0.15, 0.2) is 36.7 Å². The van der Waals surface area contributed by atoms with Gasteiger partial charge in [-0.15, -0.1) is 0 Å². The van der Waals surface area contributed by atoms with Gasteiger partial charge in [-0.25, -0.2) is 10.9 Å². The number of rotatable bonds is 7. The van der Waals surface area contributed by atoms with Gasteiger partial charge in [-0.3, -0.25) is 14.6 Å². The number of carbonyl (C=O) groups is 2. The van der Waals surface area contributed by atoms with E-state index in [0.29, 0.717) is 55.3 Å². The van der Waals surface area contributed by atoms with Crippen LogP contribution in [0.1, 0.15) is 30.9 Å². The molecule has 4 rings (SSSR count). The molecule has 2 fully saturated rings. The number of benzene rings is 1. The SMILES string of the molecule is COc1cc(NC(=O)C2CCN(C(=O)C3CC(c4ccncc4)NN3)CC2)cc(OC)c1OC. The molecule has 3 N–H and O–H groups in total. The number of aromatic nitrogens is 1. The standard InChI is InChI=1S/C24H31N5O5/c1-32-20-12-17(13-21(33-2)22(20)34-3)26-23(30)16-6-10-29(11-7-16)24(31)19-14-18(27-28-19)15-4-8-25-9-5-15/h4-5,8-9,12-13,16,18-19,27-28H,6-7,10-11,14H2,1-3H3,(H,26,30). The minimum atomic E-state index is -0.289. The number of piperidine rings is 1. The summed E-state index contributed by atoms with van der Waals surface area (Å²) in [6.07, 6.45) is 5.39. The van der Waals surface area contributed by atoms with Crippen molar-refractivity contribution in [3.05, 3.63) is 42.2 Å². The zero-order valence-corrected chi connectivity index (χ0v) is 19.7. The molecule has 10 nitrogen and oxygen atoms in total. The van der Waals surface area contributed by atoms with E-state index in [0.717, 1.165) is 5.56 Å². The number of pyridine rings is 1. The second-order valence-corrected chi connectivity index (χ2v) is 8.41. The van der Waals surface area contributed by atoms with Gasteiger partial charge in [0.2, 0.25) is 17.6 Å². The van der Waals surface area contributed by atoms with Crippen LogP contribution in [0.5, 0.6) is 17.2 Å². The van der Waals surface area contributed by atoms with E-state index in [1.165, 1.54) is 21.3 Å². The first-order valence-electron chi connectivity index (χ1n) is 11.3. The molecule has 10 heteroatoms. The Hall–Kier alpha value is -3.37. The molecular formula is C24H31N5O5. The fourth-order valence-electron chi connectivity index (χ4n) is 4.51. The Morgan fingerprint density at radius 3 is 2.24 bits per heavy atom. The first-order valence-corrected chi connectivity index (χ1v) is 11.3. The highest BCUT2D eigenvalue weighted by atomic mass is 16.5. The van der Waals surface area contributed by atoms with Crippen LogP contribution in [0, 0.1) is 5.92 Å². The molecule has 0 spiro atoms. The van der Waals surface area contributed by atoms with Gasteiger partial charge in [0.05, 0.1) is 21.3 Å². The summed E-state index contributed by atoms with van der Waals surface area (Å²) in [6, 6.07) is 7.09. The van der Waals surface area contributed by atoms with E-state index in [4.69, 9.17) is 14.2 Å². The van der Waals surface area contributed by atoms with Crippen molar-refractivity contribution in [1.29, 1.82) is 0 Å². The number of hydrogen-bond donors (Lipinski definition) is 3. The van der Waals surface area contributed by atoms with E-state index >= 15 is 0 Å². The Labute approximate surface area is 198 Å². The third-order valence-electron chi connectivity index (χ3n) is 6.42. The Bertz CT molecular complexity index is 985. The largest absolute Gasteiger partial charge is 0.493 e. The van der Waals surface area contributed by atoms with Gasteiger partial charge < -0.3 is 24.4 Å². The topological polar surface area (TPSA) is 114 Å². The highest BCUT2D eigenvalue weighted by molar-refractivity contribution is 5.93. The number of methoxy groups -OCH3 is 3. The first kappa shape index (κ1) is 23.8. The predicted octanol–water partition coefficient (Wildman–Crippen LogP) is 1.89. The van der Waals surface area contributed by atoms with Gasteiger partial charge in [-0.2, -0.15) is 0 Å². The Morgan fingerprint density at radius 1 is 1.00 bits per heavy atom. The highest BCUT2D eigenvalue weighted by Crippen LogP contribution is 2.40. The minimum Gasteiger partial charge on any atom is -0.493 e. The quantitative estimate of drug-likeness (QED) is 0.563. The summed E-state index contributed by atoms with van der Waals surface area (Å²) in [5.41, 5.74) is 8.00. The number of nitrogens with one attached hydrogen (secondary N) is 3. The van der Waals surface area contributed by atoms with Gasteiger partial charge in [0.1, 0.15) is 6.04 Å².